The molecule has 2 unspecified atom stereocenters. The van der Waals surface area contributed by atoms with E-state index in [4.69, 9.17) is 10.5 Å². The van der Waals surface area contributed by atoms with Gasteiger partial charge in [0.05, 0.1) is 12.8 Å². The number of primary amides is 1. The van der Waals surface area contributed by atoms with E-state index >= 15 is 0 Å². The van der Waals surface area contributed by atoms with E-state index in [1.165, 1.54) is 6.20 Å². The zero-order valence-electron chi connectivity index (χ0n) is 26.1. The molecule has 0 saturated carbocycles. The first-order valence-corrected chi connectivity index (χ1v) is 14.9. The van der Waals surface area contributed by atoms with E-state index < -0.39 is 5.91 Å². The quantitative estimate of drug-likeness (QED) is 0.194. The number of hydrogen-bond acceptors (Lipinski definition) is 9. The third-order valence-corrected chi connectivity index (χ3v) is 8.11. The van der Waals surface area contributed by atoms with Gasteiger partial charge in [-0.1, -0.05) is 36.4 Å². The van der Waals surface area contributed by atoms with Crippen molar-refractivity contribution in [3.63, 3.8) is 0 Å². The molecule has 0 radical (unpaired) electrons. The minimum absolute atomic E-state index is 0.137. The summed E-state index contributed by atoms with van der Waals surface area (Å²) in [6.07, 6.45) is 1.38. The topological polar surface area (TPSA) is 138 Å². The van der Waals surface area contributed by atoms with Gasteiger partial charge in [-0.25, -0.2) is 4.98 Å². The Morgan fingerprint density at radius 1 is 0.956 bits per heavy atom. The number of rotatable bonds is 11. The highest BCUT2D eigenvalue weighted by Gasteiger charge is 2.26. The SMILES string of the molecule is COc1cc(CN2CC(C)N(C)C(C)C2)ccc1Nc1nc(Nc2ccc(C(=O)NCc3ccccc3)cc2)ncc1C(N)=O. The number of methoxy groups -OCH3 is 1. The van der Waals surface area contributed by atoms with E-state index in [-0.39, 0.29) is 23.2 Å². The number of nitrogens with two attached hydrogens (primary N) is 1. The zero-order valence-corrected chi connectivity index (χ0v) is 26.1. The van der Waals surface area contributed by atoms with E-state index in [0.29, 0.717) is 41.3 Å². The van der Waals surface area contributed by atoms with Crippen molar-refractivity contribution in [3.8, 4) is 5.75 Å². The summed E-state index contributed by atoms with van der Waals surface area (Å²) >= 11 is 0. The van der Waals surface area contributed by atoms with Crippen molar-refractivity contribution in [2.75, 3.05) is 37.9 Å². The molecule has 2 amide bonds. The van der Waals surface area contributed by atoms with Crippen LogP contribution in [0.5, 0.6) is 5.75 Å². The standard InChI is InChI=1S/C34H40N8O3/c1-22-19-42(20-23(2)41(22)3)21-25-10-15-29(30(16-25)45-4)39-32-28(31(35)43)18-37-34(40-32)38-27-13-11-26(12-14-27)33(44)36-17-24-8-6-5-7-9-24/h5-16,18,22-23H,17,19-21H2,1-4H3,(H2,35,43)(H,36,44)(H2,37,38,39,40). The maximum absolute atomic E-state index is 12.6. The smallest absolute Gasteiger partial charge is 0.254 e. The summed E-state index contributed by atoms with van der Waals surface area (Å²) in [4.78, 5) is 38.5. The Hall–Kier alpha value is -5.00. The summed E-state index contributed by atoms with van der Waals surface area (Å²) in [5.41, 5.74) is 9.76. The number of anilines is 4. The van der Waals surface area contributed by atoms with Crippen LogP contribution in [0.4, 0.5) is 23.1 Å². The van der Waals surface area contributed by atoms with Crippen LogP contribution in [0.2, 0.25) is 0 Å². The second-order valence-corrected chi connectivity index (χ2v) is 11.4. The van der Waals surface area contributed by atoms with Crippen molar-refractivity contribution in [2.45, 2.75) is 39.0 Å². The van der Waals surface area contributed by atoms with Crippen LogP contribution in [0, 0.1) is 0 Å². The molecule has 3 aromatic carbocycles. The molecule has 5 rings (SSSR count). The number of hydrogen-bond donors (Lipinski definition) is 4. The van der Waals surface area contributed by atoms with Gasteiger partial charge in [0.25, 0.3) is 11.8 Å². The first kappa shape index (κ1) is 31.4. The Bertz CT molecular complexity index is 1620. The number of aromatic nitrogens is 2. The fourth-order valence-electron chi connectivity index (χ4n) is 5.40. The fourth-order valence-corrected chi connectivity index (χ4v) is 5.40. The molecule has 4 aromatic rings. The number of ether oxygens (including phenoxy) is 1. The Labute approximate surface area is 263 Å². The average molecular weight is 609 g/mol. The number of nitrogens with one attached hydrogen (secondary N) is 3. The molecule has 45 heavy (non-hydrogen) atoms. The van der Waals surface area contributed by atoms with Crippen LogP contribution in [0.25, 0.3) is 0 Å². The highest BCUT2D eigenvalue weighted by molar-refractivity contribution is 5.98. The van der Waals surface area contributed by atoms with Gasteiger partial charge in [-0.3, -0.25) is 19.4 Å². The number of nitrogens with zero attached hydrogens (tertiary/aromatic N) is 4. The van der Waals surface area contributed by atoms with Crippen molar-refractivity contribution < 1.29 is 14.3 Å². The Balaban J connectivity index is 1.27. The molecule has 0 aliphatic carbocycles. The second kappa shape index (κ2) is 14.2. The summed E-state index contributed by atoms with van der Waals surface area (Å²) in [7, 11) is 3.78. The van der Waals surface area contributed by atoms with Crippen LogP contribution in [-0.4, -0.2) is 70.9 Å². The summed E-state index contributed by atoms with van der Waals surface area (Å²) in [5, 5.41) is 9.26. The van der Waals surface area contributed by atoms with Crippen LogP contribution in [-0.2, 0) is 13.1 Å². The minimum Gasteiger partial charge on any atom is -0.495 e. The molecule has 1 aliphatic rings. The third kappa shape index (κ3) is 7.94. The van der Waals surface area contributed by atoms with E-state index in [2.05, 4.69) is 56.6 Å². The van der Waals surface area contributed by atoms with Crippen molar-refractivity contribution in [2.24, 2.45) is 5.73 Å². The molecule has 5 N–H and O–H groups in total. The predicted molar refractivity (Wildman–Crippen MR) is 176 cm³/mol. The Morgan fingerprint density at radius 3 is 2.33 bits per heavy atom. The number of carbonyl (C=O) groups excluding carboxylic acids is 2. The van der Waals surface area contributed by atoms with Crippen molar-refractivity contribution in [1.82, 2.24) is 25.1 Å². The first-order valence-electron chi connectivity index (χ1n) is 14.9. The highest BCUT2D eigenvalue weighted by atomic mass is 16.5. The number of piperazine rings is 1. The number of likely N-dealkylation sites (N-methyl/N-ethyl adjacent to an activating group) is 1. The van der Waals surface area contributed by atoms with Gasteiger partial charge in [-0.2, -0.15) is 4.98 Å². The predicted octanol–water partition coefficient (Wildman–Crippen LogP) is 4.53. The lowest BCUT2D eigenvalue weighted by Crippen LogP contribution is -2.54. The van der Waals surface area contributed by atoms with Crippen molar-refractivity contribution in [1.29, 1.82) is 0 Å². The van der Waals surface area contributed by atoms with Gasteiger partial charge >= 0.3 is 0 Å². The van der Waals surface area contributed by atoms with Crippen LogP contribution < -0.4 is 26.4 Å². The molecule has 11 nitrogen and oxygen atoms in total. The minimum atomic E-state index is -0.663. The number of amides is 2. The monoisotopic (exact) mass is 608 g/mol. The van der Waals surface area contributed by atoms with Gasteiger partial charge in [-0.15, -0.1) is 0 Å². The Morgan fingerprint density at radius 2 is 1.67 bits per heavy atom. The Kier molecular flexibility index (Phi) is 9.91. The third-order valence-electron chi connectivity index (χ3n) is 8.11. The maximum atomic E-state index is 12.6. The maximum Gasteiger partial charge on any atom is 0.254 e. The molecule has 234 valence electrons. The van der Waals surface area contributed by atoms with E-state index in [1.807, 2.05) is 48.5 Å². The molecule has 11 heteroatoms. The normalized spacial score (nSPS) is 17.0. The summed E-state index contributed by atoms with van der Waals surface area (Å²) in [5.74, 6) is 0.269. The first-order chi connectivity index (χ1) is 21.7. The molecule has 1 aromatic heterocycles. The van der Waals surface area contributed by atoms with Gasteiger partial charge in [0, 0.05) is 55.7 Å². The van der Waals surface area contributed by atoms with E-state index in [9.17, 15) is 9.59 Å². The van der Waals surface area contributed by atoms with Gasteiger partial charge in [0.2, 0.25) is 5.95 Å². The summed E-state index contributed by atoms with van der Waals surface area (Å²) < 4.78 is 5.71. The van der Waals surface area contributed by atoms with Gasteiger partial charge in [0.15, 0.2) is 0 Å². The van der Waals surface area contributed by atoms with Gasteiger partial charge in [0.1, 0.15) is 17.1 Å². The van der Waals surface area contributed by atoms with Gasteiger partial charge in [-0.05, 0) is 68.4 Å². The molecule has 0 spiro atoms. The van der Waals surface area contributed by atoms with Crippen molar-refractivity contribution >= 4 is 35.0 Å². The van der Waals surface area contributed by atoms with E-state index in [0.717, 1.165) is 30.8 Å². The average Bonchev–Trinajstić information content (AvgIpc) is 3.04. The van der Waals surface area contributed by atoms with Crippen molar-refractivity contribution in [3.05, 3.63) is 101 Å². The zero-order chi connectivity index (χ0) is 31.9. The molecule has 1 saturated heterocycles. The summed E-state index contributed by atoms with van der Waals surface area (Å²) in [6, 6.07) is 23.6. The van der Waals surface area contributed by atoms with Crippen LogP contribution in [0.3, 0.4) is 0 Å². The summed E-state index contributed by atoms with van der Waals surface area (Å²) in [6.45, 7) is 7.73. The molecular formula is C34H40N8O3. The fraction of sp³-hybridized carbons (Fsp3) is 0.294. The van der Waals surface area contributed by atoms with Crippen LogP contribution >= 0.6 is 0 Å². The highest BCUT2D eigenvalue weighted by Crippen LogP contribution is 2.31. The molecule has 1 aliphatic heterocycles. The number of carbonyl (C=O) groups is 2. The lowest BCUT2D eigenvalue weighted by molar-refractivity contribution is 0.0556. The second-order valence-electron chi connectivity index (χ2n) is 11.4. The molecule has 0 bridgehead atoms. The molecule has 1 fully saturated rings. The molecule has 2 atom stereocenters. The molecular weight excluding hydrogens is 568 g/mol. The lowest BCUT2D eigenvalue weighted by atomic mass is 10.1. The van der Waals surface area contributed by atoms with Gasteiger partial charge < -0.3 is 26.4 Å². The van der Waals surface area contributed by atoms with Crippen LogP contribution in [0.1, 0.15) is 45.7 Å². The number of benzene rings is 3. The van der Waals surface area contributed by atoms with Crippen LogP contribution in [0.15, 0.2) is 79.0 Å². The largest absolute Gasteiger partial charge is 0.495 e. The lowest BCUT2D eigenvalue weighted by Gasteiger charge is -2.42. The van der Waals surface area contributed by atoms with E-state index in [1.54, 1.807) is 31.4 Å². The molecule has 2 heterocycles.